The van der Waals surface area contributed by atoms with Crippen molar-refractivity contribution < 1.29 is 23.9 Å². The highest BCUT2D eigenvalue weighted by molar-refractivity contribution is 6.01. The molecule has 2 bridgehead atoms. The summed E-state index contributed by atoms with van der Waals surface area (Å²) in [6.07, 6.45) is 3.69. The molecule has 2 amide bonds. The quantitative estimate of drug-likeness (QED) is 0.647. The van der Waals surface area contributed by atoms with Gasteiger partial charge in [0.25, 0.3) is 11.8 Å². The Morgan fingerprint density at radius 3 is 1.56 bits per heavy atom. The van der Waals surface area contributed by atoms with Crippen LogP contribution in [-0.4, -0.2) is 66.8 Å². The van der Waals surface area contributed by atoms with Gasteiger partial charge in [0.1, 0.15) is 11.5 Å². The Bertz CT molecular complexity index is 1160. The normalized spacial score (nSPS) is 26.9. The van der Waals surface area contributed by atoms with Crippen LogP contribution in [0.2, 0.25) is 0 Å². The first-order valence-electron chi connectivity index (χ1n) is 12.9. The number of benzene rings is 2. The van der Waals surface area contributed by atoms with E-state index < -0.39 is 10.8 Å². The predicted octanol–water partition coefficient (Wildman–Crippen LogP) is 3.53. The number of ketones is 1. The summed E-state index contributed by atoms with van der Waals surface area (Å²) in [4.78, 5) is 44.3. The summed E-state index contributed by atoms with van der Waals surface area (Å²) >= 11 is 0. The van der Waals surface area contributed by atoms with E-state index in [1.807, 2.05) is 60.0 Å². The lowest BCUT2D eigenvalue weighted by atomic mass is 9.64. The zero-order valence-corrected chi connectivity index (χ0v) is 21.0. The second-order valence-electron chi connectivity index (χ2n) is 11.3. The summed E-state index contributed by atoms with van der Waals surface area (Å²) in [6, 6.07) is 11.3. The third-order valence-electron chi connectivity index (χ3n) is 8.14. The number of amides is 2. The minimum absolute atomic E-state index is 0.0669. The number of piperidine rings is 2. The molecule has 4 aliphatic rings. The molecule has 2 aromatic rings. The summed E-state index contributed by atoms with van der Waals surface area (Å²) < 4.78 is 11.4. The van der Waals surface area contributed by atoms with Crippen LogP contribution in [0.25, 0.3) is 0 Å². The molecule has 0 radical (unpaired) electrons. The van der Waals surface area contributed by atoms with Crippen LogP contribution in [0.4, 0.5) is 0 Å². The largest absolute Gasteiger partial charge is 0.493 e. The first-order chi connectivity index (χ1) is 17.3. The fraction of sp³-hybridized carbons (Fsp3) is 0.483. The van der Waals surface area contributed by atoms with Gasteiger partial charge in [-0.15, -0.1) is 0 Å². The van der Waals surface area contributed by atoms with Gasteiger partial charge in [0.2, 0.25) is 0 Å². The summed E-state index contributed by atoms with van der Waals surface area (Å²) in [5.74, 6) is 1.71. The molecule has 188 valence electrons. The van der Waals surface area contributed by atoms with E-state index >= 15 is 0 Å². The summed E-state index contributed by atoms with van der Waals surface area (Å²) in [5, 5.41) is 0. The molecular weight excluding hydrogens is 456 g/mol. The Labute approximate surface area is 211 Å². The number of fused-ring (bicyclic) bond motifs is 4. The number of carbonyl (C=O) groups excluding carboxylic acids is 3. The molecule has 0 unspecified atom stereocenters. The molecule has 0 aromatic heterocycles. The second-order valence-corrected chi connectivity index (χ2v) is 11.3. The lowest BCUT2D eigenvalue weighted by molar-refractivity contribution is -0.153. The van der Waals surface area contributed by atoms with Crippen molar-refractivity contribution in [3.63, 3.8) is 0 Å². The minimum atomic E-state index is -0.814. The third-order valence-corrected chi connectivity index (χ3v) is 8.14. The number of Topliss-reactive ketones (excluding diaryl/α,β-unsaturated/α-hetero) is 1. The predicted molar refractivity (Wildman–Crippen MR) is 134 cm³/mol. The molecule has 7 heteroatoms. The third kappa shape index (κ3) is 3.76. The van der Waals surface area contributed by atoms with Gasteiger partial charge < -0.3 is 19.3 Å². The van der Waals surface area contributed by atoms with Crippen molar-refractivity contribution in [2.24, 2.45) is 10.8 Å². The highest BCUT2D eigenvalue weighted by Crippen LogP contribution is 2.43. The number of hydrogen-bond acceptors (Lipinski definition) is 5. The van der Waals surface area contributed by atoms with Crippen LogP contribution in [0.3, 0.4) is 0 Å². The number of rotatable bonds is 2. The molecule has 0 spiro atoms. The van der Waals surface area contributed by atoms with E-state index in [2.05, 4.69) is 0 Å². The molecule has 36 heavy (non-hydrogen) atoms. The molecule has 4 heterocycles. The van der Waals surface area contributed by atoms with Crippen LogP contribution < -0.4 is 9.47 Å². The number of carbonyl (C=O) groups is 3. The second kappa shape index (κ2) is 8.36. The van der Waals surface area contributed by atoms with Gasteiger partial charge in [0.05, 0.1) is 24.0 Å². The molecule has 2 saturated heterocycles. The van der Waals surface area contributed by atoms with Crippen LogP contribution in [0.1, 0.15) is 58.5 Å². The zero-order chi connectivity index (χ0) is 25.1. The number of ether oxygens (including phenoxy) is 2. The Balaban J connectivity index is 1.24. The van der Waals surface area contributed by atoms with E-state index in [1.54, 1.807) is 0 Å². The highest BCUT2D eigenvalue weighted by Gasteiger charge is 2.57. The van der Waals surface area contributed by atoms with Crippen LogP contribution in [0.5, 0.6) is 11.5 Å². The van der Waals surface area contributed by atoms with Crippen molar-refractivity contribution in [2.45, 2.75) is 39.5 Å². The van der Waals surface area contributed by atoms with Crippen molar-refractivity contribution in [3.05, 3.63) is 58.7 Å². The highest BCUT2D eigenvalue weighted by atomic mass is 16.5. The molecule has 4 aliphatic heterocycles. The fourth-order valence-corrected chi connectivity index (χ4v) is 6.55. The average molecular weight is 489 g/mol. The van der Waals surface area contributed by atoms with E-state index in [-0.39, 0.29) is 17.6 Å². The van der Waals surface area contributed by atoms with Crippen molar-refractivity contribution >= 4 is 17.6 Å². The Morgan fingerprint density at radius 1 is 0.722 bits per heavy atom. The number of likely N-dealkylation sites (tertiary alicyclic amines) is 2. The Morgan fingerprint density at radius 2 is 1.14 bits per heavy atom. The van der Waals surface area contributed by atoms with Crippen molar-refractivity contribution in [1.29, 1.82) is 0 Å². The van der Waals surface area contributed by atoms with Gasteiger partial charge in [-0.25, -0.2) is 0 Å². The number of nitrogens with zero attached hydrogens (tertiary/aromatic N) is 2. The van der Waals surface area contributed by atoms with E-state index in [9.17, 15) is 14.4 Å². The Hall–Kier alpha value is -3.35. The first kappa shape index (κ1) is 23.1. The maximum absolute atomic E-state index is 13.6. The molecule has 2 aromatic carbocycles. The molecule has 2 fully saturated rings. The SMILES string of the molecule is CC12CN(C(=O)c3ccc4c(c3)CCCO4)CC(C)(CN(C(=O)c3ccc4c(c3)CCCO4)C1)C2=O. The van der Waals surface area contributed by atoms with Gasteiger partial charge in [-0.05, 0) is 87.1 Å². The van der Waals surface area contributed by atoms with Crippen molar-refractivity contribution in [3.8, 4) is 11.5 Å². The van der Waals surface area contributed by atoms with E-state index in [4.69, 9.17) is 9.47 Å². The minimum Gasteiger partial charge on any atom is -0.493 e. The smallest absolute Gasteiger partial charge is 0.253 e. The summed E-state index contributed by atoms with van der Waals surface area (Å²) in [5.41, 5.74) is 1.75. The van der Waals surface area contributed by atoms with Gasteiger partial charge in [0, 0.05) is 37.3 Å². The average Bonchev–Trinajstić information content (AvgIpc) is 2.89. The monoisotopic (exact) mass is 488 g/mol. The van der Waals surface area contributed by atoms with Crippen molar-refractivity contribution in [1.82, 2.24) is 9.80 Å². The Kier molecular flexibility index (Phi) is 5.36. The van der Waals surface area contributed by atoms with E-state index in [1.165, 1.54) is 0 Å². The van der Waals surface area contributed by atoms with Gasteiger partial charge in [-0.1, -0.05) is 0 Å². The molecule has 0 atom stereocenters. The molecule has 7 nitrogen and oxygen atoms in total. The van der Waals surface area contributed by atoms with Gasteiger partial charge >= 0.3 is 0 Å². The molecule has 0 N–H and O–H groups in total. The molecule has 0 saturated carbocycles. The number of hydrogen-bond donors (Lipinski definition) is 0. The first-order valence-corrected chi connectivity index (χ1v) is 12.9. The zero-order valence-electron chi connectivity index (χ0n) is 21.0. The molecule has 0 aliphatic carbocycles. The number of aryl methyl sites for hydroxylation is 2. The maximum Gasteiger partial charge on any atom is 0.253 e. The standard InChI is InChI=1S/C29H32N2O5/c1-28-15-30(25(32)21-7-9-23-19(13-21)5-3-11-35-23)17-29(2,27(28)34)18-31(16-28)26(33)22-8-10-24-20(14-22)6-4-12-36-24/h7-10,13-14H,3-6,11-12,15-18H2,1-2H3. The van der Waals surface area contributed by atoms with E-state index in [0.29, 0.717) is 50.5 Å². The lowest BCUT2D eigenvalue weighted by Crippen LogP contribution is -2.69. The summed E-state index contributed by atoms with van der Waals surface area (Å²) in [7, 11) is 0. The van der Waals surface area contributed by atoms with Crippen molar-refractivity contribution in [2.75, 3.05) is 39.4 Å². The van der Waals surface area contributed by atoms with E-state index in [0.717, 1.165) is 48.3 Å². The topological polar surface area (TPSA) is 76.2 Å². The van der Waals surface area contributed by atoms with Crippen LogP contribution in [0.15, 0.2) is 36.4 Å². The van der Waals surface area contributed by atoms with Gasteiger partial charge in [0.15, 0.2) is 5.78 Å². The van der Waals surface area contributed by atoms with Crippen LogP contribution >= 0.6 is 0 Å². The summed E-state index contributed by atoms with van der Waals surface area (Å²) in [6.45, 7) is 6.41. The molecular formula is C29H32N2O5. The lowest BCUT2D eigenvalue weighted by Gasteiger charge is -2.55. The fourth-order valence-electron chi connectivity index (χ4n) is 6.55. The molecule has 6 rings (SSSR count). The van der Waals surface area contributed by atoms with Crippen LogP contribution in [0, 0.1) is 10.8 Å². The van der Waals surface area contributed by atoms with Gasteiger partial charge in [-0.2, -0.15) is 0 Å². The maximum atomic E-state index is 13.6. The van der Waals surface area contributed by atoms with Crippen LogP contribution in [-0.2, 0) is 17.6 Å². The van der Waals surface area contributed by atoms with Gasteiger partial charge in [-0.3, -0.25) is 14.4 Å².